The number of rotatable bonds is 2. The van der Waals surface area contributed by atoms with Crippen molar-refractivity contribution in [2.24, 2.45) is 0 Å². The number of benzene rings is 2. The molecule has 5 heteroatoms. The first-order valence-electron chi connectivity index (χ1n) is 10.7. The van der Waals surface area contributed by atoms with Crippen molar-refractivity contribution >= 4 is 28.7 Å². The average Bonchev–Trinajstić information content (AvgIpc) is 3.32. The summed E-state index contributed by atoms with van der Waals surface area (Å²) in [7, 11) is 0. The second-order valence-electron chi connectivity index (χ2n) is 8.61. The lowest BCUT2D eigenvalue weighted by Gasteiger charge is -2.30. The first kappa shape index (κ1) is 20.2. The predicted molar refractivity (Wildman–Crippen MR) is 129 cm³/mol. The van der Waals surface area contributed by atoms with Crippen LogP contribution in [0.25, 0.3) is 22.9 Å². The summed E-state index contributed by atoms with van der Waals surface area (Å²) in [5.74, 6) is 0. The Kier molecular flexibility index (Phi) is 4.93. The zero-order valence-corrected chi connectivity index (χ0v) is 18.9. The third-order valence-corrected chi connectivity index (χ3v) is 7.39. The predicted octanol–water partition coefficient (Wildman–Crippen LogP) is 4.42. The molecule has 0 fully saturated rings. The van der Waals surface area contributed by atoms with Gasteiger partial charge < -0.3 is 4.90 Å². The van der Waals surface area contributed by atoms with E-state index in [-0.39, 0.29) is 11.0 Å². The summed E-state index contributed by atoms with van der Waals surface area (Å²) in [5, 5.41) is 18.7. The average molecular weight is 435 g/mol. The highest BCUT2D eigenvalue weighted by atomic mass is 32.1. The Morgan fingerprint density at radius 1 is 1.06 bits per heavy atom. The van der Waals surface area contributed by atoms with E-state index in [0.717, 1.165) is 35.2 Å². The van der Waals surface area contributed by atoms with Crippen molar-refractivity contribution in [3.05, 3.63) is 80.6 Å². The smallest absolute Gasteiger partial charge is 0.165 e. The van der Waals surface area contributed by atoms with Crippen LogP contribution in [-0.4, -0.2) is 11.5 Å². The number of para-hydroxylation sites is 1. The van der Waals surface area contributed by atoms with Crippen LogP contribution in [0.3, 0.4) is 0 Å². The zero-order chi connectivity index (χ0) is 22.3. The van der Waals surface area contributed by atoms with Crippen LogP contribution in [0.15, 0.2) is 60.3 Å². The number of nitrogens with zero attached hydrogens (tertiary/aromatic N) is 4. The number of nitriles is 2. The Hall–Kier alpha value is -3.67. The highest BCUT2D eigenvalue weighted by molar-refractivity contribution is 7.08. The van der Waals surface area contributed by atoms with Crippen LogP contribution in [0, 0.1) is 22.7 Å². The summed E-state index contributed by atoms with van der Waals surface area (Å²) >= 11 is 1.39. The Balaban J connectivity index is 1.72. The molecule has 0 saturated carbocycles. The molecule has 0 radical (unpaired) electrons. The SMILES string of the molecule is CC1(C)/C(=C/C=c2\sc(=C(C#N)C#N)nc2-c2ccccc2)N2CCCc3cccc1c32. The zero-order valence-electron chi connectivity index (χ0n) is 18.1. The second kappa shape index (κ2) is 7.79. The molecule has 2 aliphatic rings. The largest absolute Gasteiger partial charge is 0.344 e. The highest BCUT2D eigenvalue weighted by Crippen LogP contribution is 2.50. The molecule has 0 bridgehead atoms. The van der Waals surface area contributed by atoms with Crippen molar-refractivity contribution in [1.29, 1.82) is 10.5 Å². The van der Waals surface area contributed by atoms with E-state index in [9.17, 15) is 10.5 Å². The number of anilines is 1. The van der Waals surface area contributed by atoms with Gasteiger partial charge in [-0.05, 0) is 36.1 Å². The van der Waals surface area contributed by atoms with Crippen LogP contribution in [0.1, 0.15) is 31.4 Å². The van der Waals surface area contributed by atoms with Gasteiger partial charge in [0.2, 0.25) is 0 Å². The molecule has 0 saturated heterocycles. The van der Waals surface area contributed by atoms with Crippen molar-refractivity contribution in [1.82, 2.24) is 4.98 Å². The molecule has 0 aliphatic carbocycles. The van der Waals surface area contributed by atoms with Gasteiger partial charge in [-0.1, -0.05) is 62.4 Å². The third-order valence-electron chi connectivity index (χ3n) is 6.35. The van der Waals surface area contributed by atoms with Crippen LogP contribution < -0.4 is 14.1 Å². The number of allylic oxidation sites excluding steroid dienone is 2. The lowest BCUT2D eigenvalue weighted by Crippen LogP contribution is -2.29. The molecule has 0 N–H and O–H groups in total. The van der Waals surface area contributed by atoms with Gasteiger partial charge in [-0.25, -0.2) is 4.98 Å². The summed E-state index contributed by atoms with van der Waals surface area (Å²) in [6.07, 6.45) is 6.58. The van der Waals surface area contributed by atoms with Gasteiger partial charge in [0.05, 0.1) is 10.2 Å². The van der Waals surface area contributed by atoms with E-state index in [1.54, 1.807) is 0 Å². The maximum atomic E-state index is 9.35. The first-order chi connectivity index (χ1) is 15.5. The van der Waals surface area contributed by atoms with E-state index in [0.29, 0.717) is 4.66 Å². The van der Waals surface area contributed by atoms with Crippen LogP contribution in [0.2, 0.25) is 0 Å². The van der Waals surface area contributed by atoms with E-state index in [1.807, 2.05) is 42.5 Å². The Bertz CT molecular complexity index is 1430. The minimum absolute atomic E-state index is 0.0498. The first-order valence-corrected chi connectivity index (χ1v) is 11.6. The van der Waals surface area contributed by atoms with Crippen LogP contribution in [0.5, 0.6) is 0 Å². The number of aryl methyl sites for hydroxylation is 1. The lowest BCUT2D eigenvalue weighted by molar-refractivity contribution is 0.626. The Morgan fingerprint density at radius 2 is 1.84 bits per heavy atom. The molecule has 5 rings (SSSR count). The number of thiazole rings is 1. The highest BCUT2D eigenvalue weighted by Gasteiger charge is 2.41. The molecule has 3 heterocycles. The van der Waals surface area contributed by atoms with E-state index >= 15 is 0 Å². The fraction of sp³-hybridized carbons (Fsp3) is 0.222. The molecule has 2 aliphatic heterocycles. The van der Waals surface area contributed by atoms with Crippen LogP contribution in [-0.2, 0) is 11.8 Å². The van der Waals surface area contributed by atoms with Crippen molar-refractivity contribution in [3.8, 4) is 23.4 Å². The minimum Gasteiger partial charge on any atom is -0.344 e. The van der Waals surface area contributed by atoms with Gasteiger partial charge in [-0.15, -0.1) is 11.3 Å². The lowest BCUT2D eigenvalue weighted by atomic mass is 9.83. The molecule has 0 spiro atoms. The van der Waals surface area contributed by atoms with Crippen molar-refractivity contribution in [2.75, 3.05) is 11.4 Å². The number of hydrogen-bond acceptors (Lipinski definition) is 5. The second-order valence-corrected chi connectivity index (χ2v) is 9.64. The molecule has 3 aromatic rings. The van der Waals surface area contributed by atoms with E-state index in [4.69, 9.17) is 0 Å². The molecule has 0 atom stereocenters. The van der Waals surface area contributed by atoms with Gasteiger partial charge in [0, 0.05) is 28.9 Å². The van der Waals surface area contributed by atoms with Crippen molar-refractivity contribution in [2.45, 2.75) is 32.1 Å². The van der Waals surface area contributed by atoms with Gasteiger partial charge in [0.25, 0.3) is 0 Å². The Labute approximate surface area is 191 Å². The van der Waals surface area contributed by atoms with Gasteiger partial charge in [-0.3, -0.25) is 0 Å². The van der Waals surface area contributed by atoms with E-state index in [2.05, 4.69) is 54.1 Å². The summed E-state index contributed by atoms with van der Waals surface area (Å²) < 4.78 is 1.42. The fourth-order valence-corrected chi connectivity index (χ4v) is 5.73. The Morgan fingerprint density at radius 3 is 2.59 bits per heavy atom. The quantitative estimate of drug-likeness (QED) is 0.599. The molecule has 0 amide bonds. The monoisotopic (exact) mass is 434 g/mol. The molecule has 0 unspecified atom stereocenters. The van der Waals surface area contributed by atoms with E-state index in [1.165, 1.54) is 33.8 Å². The molecule has 1 aromatic heterocycles. The topological polar surface area (TPSA) is 63.7 Å². The number of aromatic nitrogens is 1. The molecular weight excluding hydrogens is 412 g/mol. The van der Waals surface area contributed by atoms with Crippen LogP contribution >= 0.6 is 11.3 Å². The van der Waals surface area contributed by atoms with Crippen LogP contribution in [0.4, 0.5) is 5.69 Å². The van der Waals surface area contributed by atoms with Crippen molar-refractivity contribution in [3.63, 3.8) is 0 Å². The summed E-state index contributed by atoms with van der Waals surface area (Å²) in [5.41, 5.74) is 7.20. The van der Waals surface area contributed by atoms with Gasteiger partial charge in [0.1, 0.15) is 16.8 Å². The summed E-state index contributed by atoms with van der Waals surface area (Å²) in [6.45, 7) is 5.59. The number of hydrogen-bond donors (Lipinski definition) is 0. The van der Waals surface area contributed by atoms with Gasteiger partial charge in [-0.2, -0.15) is 10.5 Å². The summed E-state index contributed by atoms with van der Waals surface area (Å²) in [6, 6.07) is 20.6. The molecule has 2 aromatic carbocycles. The maximum Gasteiger partial charge on any atom is 0.165 e. The summed E-state index contributed by atoms with van der Waals surface area (Å²) in [4.78, 5) is 7.14. The molecule has 4 nitrogen and oxygen atoms in total. The molecular formula is C27H22N4S. The van der Waals surface area contributed by atoms with Gasteiger partial charge in [0.15, 0.2) is 5.57 Å². The normalized spacial score (nSPS) is 17.7. The van der Waals surface area contributed by atoms with Crippen molar-refractivity contribution < 1.29 is 0 Å². The van der Waals surface area contributed by atoms with E-state index < -0.39 is 0 Å². The fourth-order valence-electron chi connectivity index (χ4n) is 4.80. The molecule has 156 valence electrons. The maximum absolute atomic E-state index is 9.35. The molecule has 32 heavy (non-hydrogen) atoms. The standard InChI is InChI=1S/C27H22N4S/c1-27(2)21-12-6-10-19-11-7-15-31(25(19)21)23(27)14-13-22-24(18-8-4-3-5-9-18)30-26(32-22)20(16-28)17-29/h3-6,8-10,12-14H,7,11,15H2,1-2H3/b22-13-,23-14-. The third kappa shape index (κ3) is 3.14. The minimum atomic E-state index is -0.0940. The van der Waals surface area contributed by atoms with Gasteiger partial charge >= 0.3 is 0 Å².